The van der Waals surface area contributed by atoms with Gasteiger partial charge in [-0.05, 0) is 36.4 Å². The fraction of sp³-hybridized carbons (Fsp3) is 0.100. The van der Waals surface area contributed by atoms with E-state index in [0.29, 0.717) is 35.9 Å². The van der Waals surface area contributed by atoms with Gasteiger partial charge in [-0.2, -0.15) is 0 Å². The highest BCUT2D eigenvalue weighted by atomic mass is 16.5. The fourth-order valence-electron chi connectivity index (χ4n) is 2.58. The van der Waals surface area contributed by atoms with E-state index >= 15 is 0 Å². The summed E-state index contributed by atoms with van der Waals surface area (Å²) >= 11 is 0. The predicted molar refractivity (Wildman–Crippen MR) is 96.0 cm³/mol. The average molecular weight is 350 g/mol. The zero-order valence-corrected chi connectivity index (χ0v) is 13.6. The zero-order chi connectivity index (χ0) is 17.9. The van der Waals surface area contributed by atoms with Crippen LogP contribution >= 0.6 is 0 Å². The van der Waals surface area contributed by atoms with Crippen molar-refractivity contribution in [3.05, 3.63) is 81.5 Å². The third-order valence-electron chi connectivity index (χ3n) is 3.81. The van der Waals surface area contributed by atoms with E-state index in [1.165, 1.54) is 12.1 Å². The van der Waals surface area contributed by atoms with Crippen LogP contribution in [0.15, 0.2) is 79.1 Å². The van der Waals surface area contributed by atoms with Gasteiger partial charge in [0.05, 0.1) is 0 Å². The third-order valence-corrected chi connectivity index (χ3v) is 3.81. The first-order valence-corrected chi connectivity index (χ1v) is 8.01. The first-order valence-electron chi connectivity index (χ1n) is 8.01. The normalized spacial score (nSPS) is 10.9. The summed E-state index contributed by atoms with van der Waals surface area (Å²) < 4.78 is 21.5. The molecule has 6 heteroatoms. The minimum atomic E-state index is -0.402. The molecule has 26 heavy (non-hydrogen) atoms. The summed E-state index contributed by atoms with van der Waals surface area (Å²) in [4.78, 5) is 22.5. The molecule has 0 atom stereocenters. The van der Waals surface area contributed by atoms with E-state index in [1.54, 1.807) is 36.4 Å². The molecule has 0 saturated carbocycles. The number of benzene rings is 2. The van der Waals surface area contributed by atoms with E-state index in [2.05, 4.69) is 0 Å². The van der Waals surface area contributed by atoms with Gasteiger partial charge >= 0.3 is 11.3 Å². The monoisotopic (exact) mass is 350 g/mol. The molecule has 0 aliphatic rings. The Morgan fingerprint density at radius 2 is 1.04 bits per heavy atom. The lowest BCUT2D eigenvalue weighted by atomic mass is 10.2. The van der Waals surface area contributed by atoms with Gasteiger partial charge in [0, 0.05) is 35.0 Å². The van der Waals surface area contributed by atoms with E-state index in [1.807, 2.05) is 12.1 Å². The first kappa shape index (κ1) is 16.0. The third kappa shape index (κ3) is 3.44. The molecular formula is C20H14O6. The summed E-state index contributed by atoms with van der Waals surface area (Å²) in [7, 11) is 0. The molecule has 2 aromatic carbocycles. The quantitative estimate of drug-likeness (QED) is 0.406. The van der Waals surface area contributed by atoms with Crippen molar-refractivity contribution in [3.8, 4) is 11.5 Å². The number of fused-ring (bicyclic) bond motifs is 2. The maximum Gasteiger partial charge on any atom is 0.336 e. The summed E-state index contributed by atoms with van der Waals surface area (Å²) in [6.45, 7) is 0.610. The van der Waals surface area contributed by atoms with Crippen LogP contribution in [0.4, 0.5) is 0 Å². The smallest absolute Gasteiger partial charge is 0.336 e. The lowest BCUT2D eigenvalue weighted by molar-refractivity contribution is 0.217. The maximum atomic E-state index is 11.3. The molecule has 2 aromatic heterocycles. The van der Waals surface area contributed by atoms with Crippen LogP contribution < -0.4 is 20.7 Å². The highest BCUT2D eigenvalue weighted by molar-refractivity contribution is 5.78. The van der Waals surface area contributed by atoms with Crippen molar-refractivity contribution >= 4 is 21.9 Å². The molecule has 4 aromatic rings. The van der Waals surface area contributed by atoms with Gasteiger partial charge in [0.2, 0.25) is 0 Å². The van der Waals surface area contributed by atoms with Gasteiger partial charge in [-0.3, -0.25) is 0 Å². The minimum Gasteiger partial charge on any atom is -0.490 e. The van der Waals surface area contributed by atoms with Gasteiger partial charge in [-0.15, -0.1) is 0 Å². The standard InChI is InChI=1S/C20H14O6/c21-19-7-3-13-1-5-15(11-17(13)25-19)23-9-10-24-16-6-2-14-4-8-20(22)26-18(14)12-16/h1-8,11-12H,9-10H2. The maximum absolute atomic E-state index is 11.3. The average Bonchev–Trinajstić information content (AvgIpc) is 2.64. The Morgan fingerprint density at radius 1 is 0.615 bits per heavy atom. The van der Waals surface area contributed by atoms with Crippen LogP contribution in [0, 0.1) is 0 Å². The van der Waals surface area contributed by atoms with Crippen LogP contribution in [-0.4, -0.2) is 13.2 Å². The van der Waals surface area contributed by atoms with E-state index in [-0.39, 0.29) is 0 Å². The van der Waals surface area contributed by atoms with Gasteiger partial charge < -0.3 is 18.3 Å². The topological polar surface area (TPSA) is 78.9 Å². The highest BCUT2D eigenvalue weighted by Gasteiger charge is 2.03. The molecule has 4 rings (SSSR count). The van der Waals surface area contributed by atoms with Crippen LogP contribution in [0.3, 0.4) is 0 Å². The molecule has 0 aliphatic heterocycles. The molecule has 0 spiro atoms. The van der Waals surface area contributed by atoms with E-state index in [9.17, 15) is 9.59 Å². The summed E-state index contributed by atoms with van der Waals surface area (Å²) in [5.74, 6) is 1.17. The zero-order valence-electron chi connectivity index (χ0n) is 13.6. The second-order valence-corrected chi connectivity index (χ2v) is 5.61. The van der Waals surface area contributed by atoms with Crippen molar-refractivity contribution in [1.29, 1.82) is 0 Å². The molecule has 0 radical (unpaired) electrons. The van der Waals surface area contributed by atoms with Crippen molar-refractivity contribution < 1.29 is 18.3 Å². The van der Waals surface area contributed by atoms with Crippen LogP contribution in [-0.2, 0) is 0 Å². The van der Waals surface area contributed by atoms with Crippen molar-refractivity contribution in [2.75, 3.05) is 13.2 Å². The summed E-state index contributed by atoms with van der Waals surface area (Å²) in [5.41, 5.74) is 0.142. The minimum absolute atomic E-state index is 0.305. The Labute approximate surface area is 147 Å². The Hall–Kier alpha value is -3.54. The van der Waals surface area contributed by atoms with Crippen LogP contribution in [0.1, 0.15) is 0 Å². The molecule has 0 N–H and O–H groups in total. The number of ether oxygens (including phenoxy) is 2. The predicted octanol–water partition coefficient (Wildman–Crippen LogP) is 3.36. The van der Waals surface area contributed by atoms with Gasteiger partial charge in [0.15, 0.2) is 0 Å². The molecule has 6 nitrogen and oxygen atoms in total. The van der Waals surface area contributed by atoms with Gasteiger partial charge in [0.25, 0.3) is 0 Å². The first-order chi connectivity index (χ1) is 12.7. The van der Waals surface area contributed by atoms with Gasteiger partial charge in [-0.25, -0.2) is 9.59 Å². The lowest BCUT2D eigenvalue weighted by Crippen LogP contribution is -2.09. The molecular weight excluding hydrogens is 336 g/mol. The SMILES string of the molecule is O=c1ccc2ccc(OCCOc3ccc4ccc(=O)oc4c3)cc2o1. The molecule has 0 bridgehead atoms. The molecule has 0 saturated heterocycles. The number of rotatable bonds is 5. The van der Waals surface area contributed by atoms with Crippen molar-refractivity contribution in [3.63, 3.8) is 0 Å². The van der Waals surface area contributed by atoms with Crippen molar-refractivity contribution in [2.24, 2.45) is 0 Å². The van der Waals surface area contributed by atoms with Crippen LogP contribution in [0.5, 0.6) is 11.5 Å². The molecule has 2 heterocycles. The Kier molecular flexibility index (Phi) is 4.15. The summed E-state index contributed by atoms with van der Waals surface area (Å²) in [6.07, 6.45) is 0. The molecule has 0 aliphatic carbocycles. The van der Waals surface area contributed by atoms with Crippen LogP contribution in [0.25, 0.3) is 21.9 Å². The largest absolute Gasteiger partial charge is 0.490 e. The van der Waals surface area contributed by atoms with Crippen LogP contribution in [0.2, 0.25) is 0 Å². The second kappa shape index (κ2) is 6.76. The van der Waals surface area contributed by atoms with Crippen molar-refractivity contribution in [2.45, 2.75) is 0 Å². The number of hydrogen-bond donors (Lipinski definition) is 0. The van der Waals surface area contributed by atoms with Gasteiger partial charge in [-0.1, -0.05) is 0 Å². The Morgan fingerprint density at radius 3 is 1.50 bits per heavy atom. The van der Waals surface area contributed by atoms with Crippen molar-refractivity contribution in [1.82, 2.24) is 0 Å². The summed E-state index contributed by atoms with van der Waals surface area (Å²) in [6, 6.07) is 16.7. The highest BCUT2D eigenvalue weighted by Crippen LogP contribution is 2.21. The Bertz CT molecular complexity index is 1090. The Balaban J connectivity index is 1.39. The van der Waals surface area contributed by atoms with E-state index in [4.69, 9.17) is 18.3 Å². The molecule has 130 valence electrons. The van der Waals surface area contributed by atoms with Gasteiger partial charge in [0.1, 0.15) is 35.9 Å². The molecule has 0 unspecified atom stereocenters. The van der Waals surface area contributed by atoms with E-state index in [0.717, 1.165) is 10.8 Å². The van der Waals surface area contributed by atoms with E-state index < -0.39 is 11.3 Å². The molecule has 0 amide bonds. The molecule has 0 fully saturated rings. The summed E-state index contributed by atoms with van der Waals surface area (Å²) in [5, 5.41) is 1.65. The number of hydrogen-bond acceptors (Lipinski definition) is 6. The lowest BCUT2D eigenvalue weighted by Gasteiger charge is -2.09. The second-order valence-electron chi connectivity index (χ2n) is 5.61. The fourth-order valence-corrected chi connectivity index (χ4v) is 2.58.